The summed E-state index contributed by atoms with van der Waals surface area (Å²) in [5.74, 6) is 1.78. The molecular weight excluding hydrogens is 298 g/mol. The minimum Gasteiger partial charge on any atom is -0.327 e. The number of hydrogen-bond acceptors (Lipinski definition) is 3. The van der Waals surface area contributed by atoms with E-state index in [2.05, 4.69) is 38.0 Å². The zero-order chi connectivity index (χ0) is 17.7. The van der Waals surface area contributed by atoms with Crippen molar-refractivity contribution in [1.29, 1.82) is 0 Å². The van der Waals surface area contributed by atoms with Crippen LogP contribution in [0.4, 0.5) is 5.69 Å². The van der Waals surface area contributed by atoms with Gasteiger partial charge in [-0.1, -0.05) is 27.7 Å². The van der Waals surface area contributed by atoms with Crippen LogP contribution in [0.3, 0.4) is 0 Å². The maximum absolute atomic E-state index is 13.0. The number of carbonyl (C=O) groups is 1. The predicted octanol–water partition coefficient (Wildman–Crippen LogP) is 4.23. The number of carbonyl (C=O) groups excluding carboxylic acids is 1. The largest absolute Gasteiger partial charge is 0.327 e. The molecule has 134 valence electrons. The molecule has 0 radical (unpaired) electrons. The Hall–Kier alpha value is -1.42. The fourth-order valence-electron chi connectivity index (χ4n) is 4.30. The van der Waals surface area contributed by atoms with Gasteiger partial charge in [0.25, 0.3) is 0 Å². The van der Waals surface area contributed by atoms with E-state index in [1.165, 1.54) is 6.42 Å². The van der Waals surface area contributed by atoms with Gasteiger partial charge in [-0.25, -0.2) is 0 Å². The summed E-state index contributed by atoms with van der Waals surface area (Å²) in [5, 5.41) is 3.08. The highest BCUT2D eigenvalue weighted by molar-refractivity contribution is 5.95. The molecule has 3 N–H and O–H groups in total. The Morgan fingerprint density at radius 2 is 2.04 bits per heavy atom. The zero-order valence-corrected chi connectivity index (χ0v) is 15.6. The lowest BCUT2D eigenvalue weighted by Gasteiger charge is -2.43. The van der Waals surface area contributed by atoms with Gasteiger partial charge >= 0.3 is 0 Å². The zero-order valence-electron chi connectivity index (χ0n) is 15.6. The first-order valence-corrected chi connectivity index (χ1v) is 9.31. The van der Waals surface area contributed by atoms with Crippen molar-refractivity contribution in [3.8, 4) is 0 Å². The van der Waals surface area contributed by atoms with Gasteiger partial charge in [0.15, 0.2) is 0 Å². The molecule has 1 fully saturated rings. The molecular formula is C20H33N3O. The summed E-state index contributed by atoms with van der Waals surface area (Å²) in [6.45, 7) is 8.78. The Kier molecular flexibility index (Phi) is 6.39. The average Bonchev–Trinajstić information content (AvgIpc) is 2.53. The molecule has 1 saturated carbocycles. The van der Waals surface area contributed by atoms with Gasteiger partial charge in [0, 0.05) is 29.5 Å². The highest BCUT2D eigenvalue weighted by atomic mass is 16.2. The molecule has 0 bridgehead atoms. The quantitative estimate of drug-likeness (QED) is 0.820. The third-order valence-electron chi connectivity index (χ3n) is 5.46. The minimum absolute atomic E-state index is 0.121. The monoisotopic (exact) mass is 331 g/mol. The molecule has 4 unspecified atom stereocenters. The summed E-state index contributed by atoms with van der Waals surface area (Å²) < 4.78 is 0. The lowest BCUT2D eigenvalue weighted by molar-refractivity contribution is -0.128. The van der Waals surface area contributed by atoms with Crippen LogP contribution in [0.5, 0.6) is 0 Å². The first-order valence-electron chi connectivity index (χ1n) is 9.31. The van der Waals surface area contributed by atoms with Gasteiger partial charge in [0.05, 0.1) is 0 Å². The molecule has 1 aliphatic rings. The smallest absolute Gasteiger partial charge is 0.230 e. The Labute approximate surface area is 146 Å². The minimum atomic E-state index is -0.349. The molecule has 1 aromatic rings. The Balaban J connectivity index is 2.15. The molecule has 1 aliphatic carbocycles. The molecule has 0 saturated heterocycles. The summed E-state index contributed by atoms with van der Waals surface area (Å²) >= 11 is 0. The van der Waals surface area contributed by atoms with E-state index in [0.717, 1.165) is 31.4 Å². The van der Waals surface area contributed by atoms with Crippen LogP contribution in [0.25, 0.3) is 0 Å². The van der Waals surface area contributed by atoms with Crippen LogP contribution >= 0.6 is 0 Å². The summed E-state index contributed by atoms with van der Waals surface area (Å²) in [5.41, 5.74) is 6.84. The van der Waals surface area contributed by atoms with Crippen LogP contribution in [0.15, 0.2) is 24.5 Å². The Bertz CT molecular complexity index is 531. The van der Waals surface area contributed by atoms with Gasteiger partial charge in [0.1, 0.15) is 0 Å². The number of nitrogens with two attached hydrogens (primary N) is 1. The predicted molar refractivity (Wildman–Crippen MR) is 99.5 cm³/mol. The van der Waals surface area contributed by atoms with E-state index >= 15 is 0 Å². The lowest BCUT2D eigenvalue weighted by Crippen LogP contribution is -2.45. The average molecular weight is 332 g/mol. The van der Waals surface area contributed by atoms with Crippen LogP contribution < -0.4 is 11.1 Å². The number of nitrogens with zero attached hydrogens (tertiary/aromatic N) is 1. The second-order valence-corrected chi connectivity index (χ2v) is 8.22. The lowest BCUT2D eigenvalue weighted by atomic mass is 9.62. The second kappa shape index (κ2) is 8.11. The SMILES string of the molecule is CCC(N)C1CC(CC(C)C)CC(C)(C(=O)Nc2ccncc2)C1. The van der Waals surface area contributed by atoms with E-state index in [1.807, 2.05) is 12.1 Å². The fraction of sp³-hybridized carbons (Fsp3) is 0.700. The molecule has 2 rings (SSSR count). The van der Waals surface area contributed by atoms with Crippen LogP contribution in [0.2, 0.25) is 0 Å². The molecule has 1 heterocycles. The molecule has 0 aliphatic heterocycles. The first-order chi connectivity index (χ1) is 11.3. The fourth-order valence-corrected chi connectivity index (χ4v) is 4.30. The standard InChI is InChI=1S/C20H33N3O/c1-5-18(21)16-11-15(10-14(2)3)12-20(4,13-16)19(24)23-17-6-8-22-9-7-17/h6-9,14-16,18H,5,10-13,21H2,1-4H3,(H,22,23,24). The third-order valence-corrected chi connectivity index (χ3v) is 5.46. The van der Waals surface area contributed by atoms with Gasteiger partial charge in [0.2, 0.25) is 5.91 Å². The normalized spacial score (nSPS) is 28.6. The van der Waals surface area contributed by atoms with Crippen molar-refractivity contribution in [3.05, 3.63) is 24.5 Å². The third kappa shape index (κ3) is 4.79. The van der Waals surface area contributed by atoms with Crippen LogP contribution in [0.1, 0.15) is 59.8 Å². The summed E-state index contributed by atoms with van der Waals surface area (Å²) in [6, 6.07) is 3.86. The van der Waals surface area contributed by atoms with E-state index in [1.54, 1.807) is 12.4 Å². The highest BCUT2D eigenvalue weighted by Gasteiger charge is 2.43. The van der Waals surface area contributed by atoms with Crippen molar-refractivity contribution < 1.29 is 4.79 Å². The highest BCUT2D eigenvalue weighted by Crippen LogP contribution is 2.46. The maximum Gasteiger partial charge on any atom is 0.230 e. The Morgan fingerprint density at radius 1 is 1.38 bits per heavy atom. The topological polar surface area (TPSA) is 68.0 Å². The van der Waals surface area contributed by atoms with Gasteiger partial charge in [-0.15, -0.1) is 0 Å². The van der Waals surface area contributed by atoms with Crippen molar-refractivity contribution in [2.24, 2.45) is 28.9 Å². The molecule has 1 amide bonds. The first kappa shape index (κ1) is 18.9. The number of amides is 1. The summed E-state index contributed by atoms with van der Waals surface area (Å²) in [6.07, 6.45) is 8.55. The van der Waals surface area contributed by atoms with Crippen LogP contribution in [0, 0.1) is 23.2 Å². The summed E-state index contributed by atoms with van der Waals surface area (Å²) in [4.78, 5) is 17.0. The molecule has 24 heavy (non-hydrogen) atoms. The van der Waals surface area contributed by atoms with Crippen molar-refractivity contribution in [2.45, 2.75) is 65.8 Å². The van der Waals surface area contributed by atoms with Gasteiger partial charge in [-0.3, -0.25) is 9.78 Å². The summed E-state index contributed by atoms with van der Waals surface area (Å²) in [7, 11) is 0. The molecule has 4 nitrogen and oxygen atoms in total. The van der Waals surface area contributed by atoms with E-state index in [4.69, 9.17) is 5.73 Å². The number of rotatable bonds is 6. The number of anilines is 1. The van der Waals surface area contributed by atoms with Gasteiger partial charge < -0.3 is 11.1 Å². The van der Waals surface area contributed by atoms with E-state index in [0.29, 0.717) is 17.8 Å². The molecule has 4 heteroatoms. The van der Waals surface area contributed by atoms with Crippen LogP contribution in [-0.2, 0) is 4.79 Å². The number of pyridine rings is 1. The van der Waals surface area contributed by atoms with E-state index in [-0.39, 0.29) is 17.4 Å². The molecule has 1 aromatic heterocycles. The maximum atomic E-state index is 13.0. The van der Waals surface area contributed by atoms with Crippen molar-refractivity contribution in [1.82, 2.24) is 4.98 Å². The number of hydrogen-bond donors (Lipinski definition) is 2. The van der Waals surface area contributed by atoms with Gasteiger partial charge in [-0.2, -0.15) is 0 Å². The van der Waals surface area contributed by atoms with E-state index < -0.39 is 0 Å². The number of aromatic nitrogens is 1. The van der Waals surface area contributed by atoms with Crippen molar-refractivity contribution in [2.75, 3.05) is 5.32 Å². The molecule has 0 spiro atoms. The number of nitrogens with one attached hydrogen (secondary N) is 1. The molecule has 4 atom stereocenters. The van der Waals surface area contributed by atoms with Crippen molar-refractivity contribution in [3.63, 3.8) is 0 Å². The van der Waals surface area contributed by atoms with Gasteiger partial charge in [-0.05, 0) is 62.0 Å². The second-order valence-electron chi connectivity index (χ2n) is 8.22. The van der Waals surface area contributed by atoms with Crippen molar-refractivity contribution >= 4 is 11.6 Å². The van der Waals surface area contributed by atoms with Crippen LogP contribution in [-0.4, -0.2) is 16.9 Å². The van der Waals surface area contributed by atoms with E-state index in [9.17, 15) is 4.79 Å². The Morgan fingerprint density at radius 3 is 2.62 bits per heavy atom. The molecule has 0 aromatic carbocycles.